The molecule has 0 bridgehead atoms. The maximum Gasteiger partial charge on any atom is 0.246 e. The molecule has 4 heterocycles. The van der Waals surface area contributed by atoms with Crippen LogP contribution < -0.4 is 16.4 Å². The number of amides is 2. The van der Waals surface area contributed by atoms with Crippen LogP contribution in [0.15, 0.2) is 0 Å². The van der Waals surface area contributed by atoms with Gasteiger partial charge in [-0.05, 0) is 6.92 Å². The van der Waals surface area contributed by atoms with Crippen molar-refractivity contribution >= 4 is 11.8 Å². The topological polar surface area (TPSA) is 381 Å². The zero-order valence-electron chi connectivity index (χ0n) is 29.4. The standard InChI is InChI=1S/C30H53N3O21/c1-9-16(39)20(43)22(45)29(48-9)54-26-21(44)17(40)11(5-34)51-30(26)52-24-15(33-10(2)37)27(49-12(6-35)18(24)41)53-25-19(42)13(7-36)50-28(23(25)46)47-8-14(38)32-4-3-31/h9,11-13,15-30,34-36,39-46H,3-8,31H2,1-2H3,(H,32,38)(H,33,37)/t9-,11+,12+,13+,15+,16+,17-,18-,19-,20+,21-,22-,23+,24+,25-,26+,27-,28-,29-,30-/m0/s1. The second kappa shape index (κ2) is 20.0. The number of nitrogens with one attached hydrogen (secondary N) is 2. The van der Waals surface area contributed by atoms with Crippen LogP contribution in [0.4, 0.5) is 0 Å². The first-order chi connectivity index (χ1) is 25.6. The third-order valence-corrected chi connectivity index (χ3v) is 9.40. The van der Waals surface area contributed by atoms with E-state index in [1.54, 1.807) is 0 Å². The molecule has 15 N–H and O–H groups in total. The Hall–Kier alpha value is -1.86. The molecule has 0 unspecified atom stereocenters. The molecule has 24 heteroatoms. The minimum atomic E-state index is -1.97. The van der Waals surface area contributed by atoms with Crippen molar-refractivity contribution in [3.63, 3.8) is 0 Å². The Morgan fingerprint density at radius 3 is 1.74 bits per heavy atom. The predicted molar refractivity (Wildman–Crippen MR) is 170 cm³/mol. The minimum Gasteiger partial charge on any atom is -0.394 e. The van der Waals surface area contributed by atoms with Gasteiger partial charge in [0.15, 0.2) is 25.2 Å². The lowest BCUT2D eigenvalue weighted by Gasteiger charge is -2.50. The van der Waals surface area contributed by atoms with Gasteiger partial charge in [0, 0.05) is 20.0 Å². The van der Waals surface area contributed by atoms with Crippen molar-refractivity contribution in [3.8, 4) is 0 Å². The molecule has 4 fully saturated rings. The molecule has 0 aromatic heterocycles. The summed E-state index contributed by atoms with van der Waals surface area (Å²) in [7, 11) is 0. The summed E-state index contributed by atoms with van der Waals surface area (Å²) in [4.78, 5) is 24.6. The van der Waals surface area contributed by atoms with Crippen LogP contribution in [-0.2, 0) is 47.5 Å². The van der Waals surface area contributed by atoms with Gasteiger partial charge in [0.1, 0.15) is 98.1 Å². The number of ether oxygens (including phenoxy) is 8. The molecule has 0 aromatic carbocycles. The molecule has 4 aliphatic heterocycles. The zero-order chi connectivity index (χ0) is 40.0. The van der Waals surface area contributed by atoms with E-state index in [1.165, 1.54) is 6.92 Å². The molecule has 4 saturated heterocycles. The van der Waals surface area contributed by atoms with Crippen LogP contribution in [0.1, 0.15) is 13.8 Å². The van der Waals surface area contributed by atoms with Crippen molar-refractivity contribution in [1.82, 2.24) is 10.6 Å². The summed E-state index contributed by atoms with van der Waals surface area (Å²) in [5.74, 6) is -1.41. The average molecular weight is 792 g/mol. The van der Waals surface area contributed by atoms with E-state index in [2.05, 4.69) is 10.6 Å². The number of nitrogens with two attached hydrogens (primary N) is 1. The van der Waals surface area contributed by atoms with Gasteiger partial charge in [-0.3, -0.25) is 9.59 Å². The fourth-order valence-corrected chi connectivity index (χ4v) is 6.41. The van der Waals surface area contributed by atoms with Gasteiger partial charge in [0.25, 0.3) is 0 Å². The molecule has 0 spiro atoms. The summed E-state index contributed by atoms with van der Waals surface area (Å²) >= 11 is 0. The van der Waals surface area contributed by atoms with Crippen LogP contribution in [-0.4, -0.2) is 230 Å². The molecule has 0 radical (unpaired) electrons. The predicted octanol–water partition coefficient (Wildman–Crippen LogP) is -9.48. The molecule has 314 valence electrons. The van der Waals surface area contributed by atoms with Gasteiger partial charge in [-0.25, -0.2) is 0 Å². The Balaban J connectivity index is 1.63. The molecular weight excluding hydrogens is 738 g/mol. The summed E-state index contributed by atoms with van der Waals surface area (Å²) < 4.78 is 45.4. The van der Waals surface area contributed by atoms with Crippen molar-refractivity contribution < 1.29 is 104 Å². The lowest BCUT2D eigenvalue weighted by Crippen LogP contribution is -2.70. The fraction of sp³-hybridized carbons (Fsp3) is 0.933. The van der Waals surface area contributed by atoms with E-state index in [0.717, 1.165) is 6.92 Å². The zero-order valence-corrected chi connectivity index (χ0v) is 29.4. The maximum absolute atomic E-state index is 12.5. The van der Waals surface area contributed by atoms with Gasteiger partial charge >= 0.3 is 0 Å². The van der Waals surface area contributed by atoms with Crippen LogP contribution in [0, 0.1) is 0 Å². The van der Waals surface area contributed by atoms with Crippen molar-refractivity contribution in [2.24, 2.45) is 5.73 Å². The number of carbonyl (C=O) groups excluding carboxylic acids is 2. The number of hydrogen-bond acceptors (Lipinski definition) is 22. The van der Waals surface area contributed by atoms with Gasteiger partial charge in [0.2, 0.25) is 11.8 Å². The van der Waals surface area contributed by atoms with Crippen molar-refractivity contribution in [1.29, 1.82) is 0 Å². The maximum atomic E-state index is 12.5. The molecule has 54 heavy (non-hydrogen) atoms. The number of aliphatic hydroxyl groups excluding tert-OH is 11. The Morgan fingerprint density at radius 2 is 1.15 bits per heavy atom. The minimum absolute atomic E-state index is 0.117. The van der Waals surface area contributed by atoms with Crippen molar-refractivity contribution in [2.45, 2.75) is 137 Å². The van der Waals surface area contributed by atoms with E-state index in [4.69, 9.17) is 43.6 Å². The second-order valence-electron chi connectivity index (χ2n) is 13.3. The number of hydrogen-bond donors (Lipinski definition) is 14. The Bertz CT molecular complexity index is 1200. The molecule has 24 nitrogen and oxygen atoms in total. The smallest absolute Gasteiger partial charge is 0.246 e. The van der Waals surface area contributed by atoms with Gasteiger partial charge in [-0.2, -0.15) is 0 Å². The normalized spacial score (nSPS) is 45.8. The Kier molecular flexibility index (Phi) is 16.6. The number of rotatable bonds is 15. The molecule has 0 aliphatic carbocycles. The Labute approximate surface area is 308 Å². The lowest BCUT2D eigenvalue weighted by atomic mass is 9.94. The SMILES string of the molecule is CC(=O)N[C@H]1[C@H](O[C@H]2[C@@H](O)[C@@H](CO)O[C@H](OCC(=O)NCCN)[C@@H]2O)O[C@H](CO)[C@H](O)[C@@H]1O[C@@H]1O[C@H](CO)[C@H](O)[C@H](O)[C@H]1O[C@@H]1O[C@@H](C)[C@@H](O)[C@@H](O)[C@@H]1O. The highest BCUT2D eigenvalue weighted by Crippen LogP contribution is 2.35. The summed E-state index contributed by atoms with van der Waals surface area (Å²) in [6, 6.07) is -1.63. The molecule has 0 saturated carbocycles. The lowest BCUT2D eigenvalue weighted by molar-refractivity contribution is -0.386. The second-order valence-corrected chi connectivity index (χ2v) is 13.3. The number of carbonyl (C=O) groups is 2. The third kappa shape index (κ3) is 10.2. The van der Waals surface area contributed by atoms with E-state index >= 15 is 0 Å². The quantitative estimate of drug-likeness (QED) is 0.0732. The van der Waals surface area contributed by atoms with E-state index in [-0.39, 0.29) is 13.1 Å². The highest BCUT2D eigenvalue weighted by molar-refractivity contribution is 5.77. The molecule has 20 atom stereocenters. The first-order valence-corrected chi connectivity index (χ1v) is 17.3. The molecule has 4 rings (SSSR count). The largest absolute Gasteiger partial charge is 0.394 e. The molecular formula is C30H53N3O21. The van der Waals surface area contributed by atoms with E-state index in [1.807, 2.05) is 0 Å². The van der Waals surface area contributed by atoms with Crippen molar-refractivity contribution in [3.05, 3.63) is 0 Å². The van der Waals surface area contributed by atoms with E-state index in [9.17, 15) is 65.8 Å². The van der Waals surface area contributed by atoms with E-state index in [0.29, 0.717) is 0 Å². The first-order valence-electron chi connectivity index (χ1n) is 17.3. The van der Waals surface area contributed by atoms with Gasteiger partial charge < -0.3 is 110 Å². The summed E-state index contributed by atoms with van der Waals surface area (Å²) in [5.41, 5.74) is 5.37. The van der Waals surface area contributed by atoms with E-state index < -0.39 is 161 Å². The highest BCUT2D eigenvalue weighted by atomic mass is 16.8. The number of aliphatic hydroxyl groups is 11. The first kappa shape index (κ1) is 44.8. The van der Waals surface area contributed by atoms with Gasteiger partial charge in [-0.15, -0.1) is 0 Å². The molecule has 2 amide bonds. The van der Waals surface area contributed by atoms with Crippen LogP contribution in [0.3, 0.4) is 0 Å². The van der Waals surface area contributed by atoms with Crippen LogP contribution >= 0.6 is 0 Å². The third-order valence-electron chi connectivity index (χ3n) is 9.40. The van der Waals surface area contributed by atoms with Crippen LogP contribution in [0.2, 0.25) is 0 Å². The summed E-state index contributed by atoms with van der Waals surface area (Å²) in [6.07, 6.45) is -32.8. The highest BCUT2D eigenvalue weighted by Gasteiger charge is 2.56. The van der Waals surface area contributed by atoms with Crippen molar-refractivity contribution in [2.75, 3.05) is 39.5 Å². The summed E-state index contributed by atoms with van der Waals surface area (Å²) in [6.45, 7) is -0.607. The Morgan fingerprint density at radius 1 is 0.611 bits per heavy atom. The van der Waals surface area contributed by atoms with Crippen LogP contribution in [0.5, 0.6) is 0 Å². The molecule has 0 aromatic rings. The van der Waals surface area contributed by atoms with Crippen LogP contribution in [0.25, 0.3) is 0 Å². The van der Waals surface area contributed by atoms with Gasteiger partial charge in [-0.1, -0.05) is 0 Å². The summed E-state index contributed by atoms with van der Waals surface area (Å²) in [5, 5.41) is 121. The average Bonchev–Trinajstić information content (AvgIpc) is 3.14. The fourth-order valence-electron chi connectivity index (χ4n) is 6.41. The van der Waals surface area contributed by atoms with Gasteiger partial charge in [0.05, 0.1) is 25.9 Å². The molecule has 4 aliphatic rings. The monoisotopic (exact) mass is 791 g/mol.